The number of hydrogen-bond donors (Lipinski definition) is 1. The molecule has 0 fully saturated rings. The van der Waals surface area contributed by atoms with Crippen molar-refractivity contribution in [3.05, 3.63) is 0 Å². The van der Waals surface area contributed by atoms with Crippen LogP contribution in [-0.2, 0) is 14.3 Å². The maximum Gasteiger partial charge on any atom is 0.410 e. The van der Waals surface area contributed by atoms with E-state index in [1.54, 1.807) is 20.8 Å². The summed E-state index contributed by atoms with van der Waals surface area (Å²) in [4.78, 5) is 23.5. The van der Waals surface area contributed by atoms with Crippen LogP contribution in [0, 0.1) is 0 Å². The lowest BCUT2D eigenvalue weighted by Crippen LogP contribution is -2.47. The largest absolute Gasteiger partial charge is 0.480 e. The van der Waals surface area contributed by atoms with E-state index in [4.69, 9.17) is 12.6 Å². The van der Waals surface area contributed by atoms with Crippen LogP contribution in [0.3, 0.4) is 0 Å². The van der Waals surface area contributed by atoms with Crippen LogP contribution in [0.15, 0.2) is 0 Å². The molecule has 0 aliphatic rings. The van der Waals surface area contributed by atoms with Crippen molar-refractivity contribution in [2.45, 2.75) is 32.4 Å². The Bertz CT molecular complexity index is 292. The molecule has 16 heavy (non-hydrogen) atoms. The highest BCUT2D eigenvalue weighted by molar-refractivity contribution is 5.80. The van der Waals surface area contributed by atoms with Gasteiger partial charge in [0.05, 0.1) is 7.98 Å². The maximum absolute atomic E-state index is 11.7. The number of aliphatic carboxylic acids is 1. The van der Waals surface area contributed by atoms with Crippen LogP contribution in [0.5, 0.6) is 0 Å². The van der Waals surface area contributed by atoms with Gasteiger partial charge in [0.15, 0.2) is 6.04 Å². The standard InChI is InChI=1S/C10H19NO5/c1-10(2,3)16-9(14)11(4)7(6-15-5)8(12)13/h7H,6H2,1-5H3,(H,12,13)/t7-/m0/s1/i4D,5D. The van der Waals surface area contributed by atoms with Gasteiger partial charge in [-0.25, -0.2) is 9.59 Å². The molecule has 0 unspecified atom stereocenters. The number of methoxy groups -OCH3 is 1. The summed E-state index contributed by atoms with van der Waals surface area (Å²) < 4.78 is 23.7. The summed E-state index contributed by atoms with van der Waals surface area (Å²) in [6, 6.07) is -1.33. The molecule has 0 heterocycles. The van der Waals surface area contributed by atoms with Gasteiger partial charge in [0.25, 0.3) is 0 Å². The SMILES string of the molecule is [2H]COC[C@@H](C(=O)O)N(C[2H])C(=O)OC(C)(C)C. The minimum absolute atomic E-state index is 0.350. The van der Waals surface area contributed by atoms with Crippen molar-refractivity contribution in [1.29, 1.82) is 0 Å². The summed E-state index contributed by atoms with van der Waals surface area (Å²) in [6.45, 7) is 4.58. The Morgan fingerprint density at radius 2 is 2.12 bits per heavy atom. The monoisotopic (exact) mass is 235 g/mol. The number of likely N-dealkylation sites (N-methyl/N-ethyl adjacent to an activating group) is 1. The highest BCUT2D eigenvalue weighted by Crippen LogP contribution is 2.11. The lowest BCUT2D eigenvalue weighted by molar-refractivity contribution is -0.144. The van der Waals surface area contributed by atoms with E-state index in [2.05, 4.69) is 4.74 Å². The Balaban J connectivity index is 4.78. The maximum atomic E-state index is 11.7. The number of carbonyl (C=O) groups is 2. The van der Waals surface area contributed by atoms with Crippen molar-refractivity contribution >= 4 is 12.1 Å². The van der Waals surface area contributed by atoms with Gasteiger partial charge in [-0.3, -0.25) is 4.90 Å². The fourth-order valence-electron chi connectivity index (χ4n) is 0.854. The van der Waals surface area contributed by atoms with E-state index in [0.717, 1.165) is 4.90 Å². The molecule has 1 N–H and O–H groups in total. The number of ether oxygens (including phenoxy) is 2. The molecule has 0 aliphatic carbocycles. The Kier molecular flexibility index (Phi) is 3.98. The van der Waals surface area contributed by atoms with Crippen LogP contribution in [0.4, 0.5) is 4.79 Å². The average molecular weight is 235 g/mol. The van der Waals surface area contributed by atoms with Crippen LogP contribution in [0.25, 0.3) is 0 Å². The fourth-order valence-corrected chi connectivity index (χ4v) is 0.854. The van der Waals surface area contributed by atoms with Crippen molar-refractivity contribution in [2.75, 3.05) is 20.7 Å². The summed E-state index contributed by atoms with van der Waals surface area (Å²) in [5, 5.41) is 8.97. The number of carboxylic acid groups (broad SMARTS) is 1. The summed E-state index contributed by atoms with van der Waals surface area (Å²) in [7, 11) is -0.975. The second-order valence-corrected chi connectivity index (χ2v) is 4.17. The molecule has 0 aliphatic heterocycles. The Hall–Kier alpha value is -1.30. The summed E-state index contributed by atoms with van der Waals surface area (Å²) in [6.07, 6.45) is -0.890. The van der Waals surface area contributed by atoms with Gasteiger partial charge in [0.1, 0.15) is 5.60 Å². The fraction of sp³-hybridized carbons (Fsp3) is 0.800. The first-order valence-corrected chi connectivity index (χ1v) is 4.61. The quantitative estimate of drug-likeness (QED) is 0.785. The molecule has 0 radical (unpaired) electrons. The average Bonchev–Trinajstić information content (AvgIpc) is 2.20. The number of carboxylic acids is 1. The van der Waals surface area contributed by atoms with E-state index in [1.807, 2.05) is 0 Å². The molecule has 0 bridgehead atoms. The first kappa shape index (κ1) is 11.2. The zero-order valence-electron chi connectivity index (χ0n) is 11.7. The van der Waals surface area contributed by atoms with Crippen LogP contribution in [-0.4, -0.2) is 54.4 Å². The smallest absolute Gasteiger partial charge is 0.410 e. The van der Waals surface area contributed by atoms with Crippen molar-refractivity contribution in [3.63, 3.8) is 0 Å². The van der Waals surface area contributed by atoms with Crippen LogP contribution in [0.1, 0.15) is 23.5 Å². The molecule has 1 atom stereocenters. The van der Waals surface area contributed by atoms with E-state index in [-0.39, 0.29) is 6.61 Å². The second-order valence-electron chi connectivity index (χ2n) is 4.17. The minimum Gasteiger partial charge on any atom is -0.480 e. The molecule has 6 nitrogen and oxygen atoms in total. The van der Waals surface area contributed by atoms with Gasteiger partial charge in [-0.15, -0.1) is 0 Å². The van der Waals surface area contributed by atoms with Gasteiger partial charge in [0, 0.05) is 15.5 Å². The number of hydrogen-bond acceptors (Lipinski definition) is 4. The van der Waals surface area contributed by atoms with Crippen molar-refractivity contribution in [2.24, 2.45) is 0 Å². The van der Waals surface area contributed by atoms with E-state index >= 15 is 0 Å². The van der Waals surface area contributed by atoms with Gasteiger partial charge in [-0.2, -0.15) is 0 Å². The number of amides is 1. The predicted molar refractivity (Wildman–Crippen MR) is 57.3 cm³/mol. The molecule has 0 aromatic carbocycles. The topological polar surface area (TPSA) is 76.1 Å². The zero-order valence-corrected chi connectivity index (χ0v) is 9.73. The molecular weight excluding hydrogens is 214 g/mol. The van der Waals surface area contributed by atoms with E-state index in [0.29, 0.717) is 0 Å². The molecule has 0 aromatic rings. The Morgan fingerprint density at radius 1 is 1.50 bits per heavy atom. The minimum atomic E-state index is -1.33. The number of nitrogens with zero attached hydrogens (tertiary/aromatic N) is 1. The van der Waals surface area contributed by atoms with Crippen LogP contribution < -0.4 is 0 Å². The van der Waals surface area contributed by atoms with Gasteiger partial charge >= 0.3 is 12.1 Å². The van der Waals surface area contributed by atoms with Gasteiger partial charge in [0.2, 0.25) is 0 Å². The van der Waals surface area contributed by atoms with Crippen molar-refractivity contribution in [3.8, 4) is 0 Å². The lowest BCUT2D eigenvalue weighted by atomic mass is 10.2. The summed E-state index contributed by atoms with van der Waals surface area (Å²) in [5.74, 6) is -1.30. The third kappa shape index (κ3) is 4.97. The molecule has 0 saturated heterocycles. The van der Waals surface area contributed by atoms with E-state index in [1.165, 1.54) is 0 Å². The highest BCUT2D eigenvalue weighted by Gasteiger charge is 2.29. The molecule has 1 amide bonds. The van der Waals surface area contributed by atoms with E-state index < -0.39 is 37.8 Å². The third-order valence-electron chi connectivity index (χ3n) is 1.57. The van der Waals surface area contributed by atoms with E-state index in [9.17, 15) is 9.59 Å². The van der Waals surface area contributed by atoms with Crippen molar-refractivity contribution in [1.82, 2.24) is 4.90 Å². The molecule has 6 heteroatoms. The molecule has 0 rings (SSSR count). The predicted octanol–water partition coefficient (Wildman–Crippen LogP) is 0.953. The van der Waals surface area contributed by atoms with Gasteiger partial charge in [-0.05, 0) is 20.8 Å². The van der Waals surface area contributed by atoms with Crippen LogP contribution >= 0.6 is 0 Å². The van der Waals surface area contributed by atoms with Crippen molar-refractivity contribution < 1.29 is 26.9 Å². The molecule has 0 spiro atoms. The van der Waals surface area contributed by atoms with Gasteiger partial charge in [-0.1, -0.05) is 0 Å². The normalized spacial score (nSPS) is 14.7. The third-order valence-corrected chi connectivity index (χ3v) is 1.57. The van der Waals surface area contributed by atoms with Crippen LogP contribution in [0.2, 0.25) is 0 Å². The molecule has 94 valence electrons. The summed E-state index contributed by atoms with van der Waals surface area (Å²) >= 11 is 0. The number of rotatable bonds is 4. The summed E-state index contributed by atoms with van der Waals surface area (Å²) in [5.41, 5.74) is -0.774. The molecule has 0 aromatic heterocycles. The highest BCUT2D eigenvalue weighted by atomic mass is 16.6. The lowest BCUT2D eigenvalue weighted by Gasteiger charge is -2.28. The number of carbonyl (C=O) groups excluding carboxylic acids is 1. The Labute approximate surface area is 97.9 Å². The second kappa shape index (κ2) is 5.69. The van der Waals surface area contributed by atoms with Gasteiger partial charge < -0.3 is 14.6 Å². The first-order valence-electron chi connectivity index (χ1n) is 6.03. The Morgan fingerprint density at radius 3 is 2.50 bits per heavy atom. The zero-order chi connectivity index (χ0) is 14.3. The first-order chi connectivity index (χ1) is 8.22. The molecular formula is C10H19NO5. The molecule has 0 saturated carbocycles.